The highest BCUT2D eigenvalue weighted by molar-refractivity contribution is 9.09. The Kier molecular flexibility index (Phi) is 3.40. The summed E-state index contributed by atoms with van der Waals surface area (Å²) in [4.78, 5) is 0.294. The zero-order valence-corrected chi connectivity index (χ0v) is 15.7. The van der Waals surface area contributed by atoms with Crippen LogP contribution in [0.1, 0.15) is 49.7 Å². The third kappa shape index (κ3) is 1.85. The second-order valence-corrected chi connectivity index (χ2v) is 9.43. The van der Waals surface area contributed by atoms with Crippen molar-refractivity contribution < 1.29 is 14.6 Å². The van der Waals surface area contributed by atoms with Crippen LogP contribution in [0.4, 0.5) is 0 Å². The van der Waals surface area contributed by atoms with E-state index in [9.17, 15) is 5.11 Å². The molecule has 24 heavy (non-hydrogen) atoms. The summed E-state index contributed by atoms with van der Waals surface area (Å²) in [5, 5.41) is 9.81. The summed E-state index contributed by atoms with van der Waals surface area (Å²) in [5.74, 6) is 1.95. The molecule has 0 amide bonds. The van der Waals surface area contributed by atoms with Crippen molar-refractivity contribution in [1.29, 1.82) is 0 Å². The Morgan fingerprint density at radius 3 is 2.79 bits per heavy atom. The molecule has 1 aliphatic heterocycles. The third-order valence-electron chi connectivity index (χ3n) is 7.49. The summed E-state index contributed by atoms with van der Waals surface area (Å²) in [5.41, 5.74) is 2.94. The van der Waals surface area contributed by atoms with Gasteiger partial charge in [-0.05, 0) is 73.1 Å². The number of hydrogen-bond acceptors (Lipinski definition) is 3. The number of alkyl halides is 1. The molecule has 3 aliphatic carbocycles. The Morgan fingerprint density at radius 1 is 1.21 bits per heavy atom. The standard InChI is InChI=1S/C20H25BrO3/c1-19-7-6-15-14-5-3-13(22)10-12(14)2-4-16(15)17(19)11-18(21)20(19)23-8-9-24-20/h3,5,10,15-18,22H,2,4,6-9,11H2,1H3/t15-,16-,17-,18+,19-/m0/s1. The lowest BCUT2D eigenvalue weighted by atomic mass is 9.55. The maximum atomic E-state index is 9.81. The van der Waals surface area contributed by atoms with Crippen LogP contribution in [0.2, 0.25) is 0 Å². The van der Waals surface area contributed by atoms with Crippen LogP contribution < -0.4 is 0 Å². The molecule has 0 radical (unpaired) electrons. The van der Waals surface area contributed by atoms with Gasteiger partial charge in [0.2, 0.25) is 0 Å². The SMILES string of the molecule is C[C@]12CC[C@H]3c4ccc(O)cc4CC[C@@H]3[C@@H]1C[C@@H](Br)C21OCCO1. The molecule has 4 aliphatic rings. The molecule has 5 rings (SSSR count). The molecule has 1 heterocycles. The first-order valence-corrected chi connectivity index (χ1v) is 10.2. The first-order valence-electron chi connectivity index (χ1n) is 9.29. The Morgan fingerprint density at radius 2 is 2.00 bits per heavy atom. The van der Waals surface area contributed by atoms with Gasteiger partial charge in [-0.1, -0.05) is 28.9 Å². The van der Waals surface area contributed by atoms with Gasteiger partial charge in [0, 0.05) is 5.41 Å². The van der Waals surface area contributed by atoms with Crippen molar-refractivity contribution in [2.75, 3.05) is 13.2 Å². The molecule has 1 spiro atoms. The van der Waals surface area contributed by atoms with Crippen molar-refractivity contribution >= 4 is 15.9 Å². The fourth-order valence-electron chi connectivity index (χ4n) is 6.43. The molecule has 2 saturated carbocycles. The highest BCUT2D eigenvalue weighted by Crippen LogP contribution is 2.67. The van der Waals surface area contributed by atoms with Crippen LogP contribution in [-0.2, 0) is 15.9 Å². The minimum Gasteiger partial charge on any atom is -0.508 e. The Hall–Kier alpha value is -0.580. The maximum absolute atomic E-state index is 9.81. The maximum Gasteiger partial charge on any atom is 0.186 e. The summed E-state index contributed by atoms with van der Waals surface area (Å²) in [6.07, 6.45) is 5.80. The molecule has 1 N–H and O–H groups in total. The number of aryl methyl sites for hydroxylation is 1. The fraction of sp³-hybridized carbons (Fsp3) is 0.700. The van der Waals surface area contributed by atoms with Gasteiger partial charge >= 0.3 is 0 Å². The molecule has 1 aromatic carbocycles. The highest BCUT2D eigenvalue weighted by Gasteiger charge is 2.68. The summed E-state index contributed by atoms with van der Waals surface area (Å²) in [7, 11) is 0. The molecule has 3 fully saturated rings. The third-order valence-corrected chi connectivity index (χ3v) is 8.46. The number of ether oxygens (including phenoxy) is 2. The van der Waals surface area contributed by atoms with Gasteiger partial charge < -0.3 is 14.6 Å². The van der Waals surface area contributed by atoms with E-state index in [1.54, 1.807) is 0 Å². The van der Waals surface area contributed by atoms with Gasteiger partial charge in [-0.3, -0.25) is 0 Å². The van der Waals surface area contributed by atoms with Crippen LogP contribution >= 0.6 is 15.9 Å². The van der Waals surface area contributed by atoms with Crippen molar-refractivity contribution in [1.82, 2.24) is 0 Å². The van der Waals surface area contributed by atoms with Gasteiger partial charge in [0.1, 0.15) is 5.75 Å². The van der Waals surface area contributed by atoms with Gasteiger partial charge in [0.25, 0.3) is 0 Å². The average Bonchev–Trinajstić information content (AvgIpc) is 3.15. The minimum atomic E-state index is -0.419. The van der Waals surface area contributed by atoms with E-state index < -0.39 is 5.79 Å². The molecule has 4 heteroatoms. The second-order valence-electron chi connectivity index (χ2n) is 8.32. The van der Waals surface area contributed by atoms with Crippen molar-refractivity contribution in [2.24, 2.45) is 17.3 Å². The van der Waals surface area contributed by atoms with Crippen LogP contribution in [0.5, 0.6) is 5.75 Å². The van der Waals surface area contributed by atoms with E-state index in [4.69, 9.17) is 9.47 Å². The molecular formula is C20H25BrO3. The molecular weight excluding hydrogens is 368 g/mol. The second kappa shape index (κ2) is 5.21. The summed E-state index contributed by atoms with van der Waals surface area (Å²) in [6, 6.07) is 6.01. The predicted molar refractivity (Wildman–Crippen MR) is 95.5 cm³/mol. The van der Waals surface area contributed by atoms with E-state index in [1.165, 1.54) is 24.0 Å². The van der Waals surface area contributed by atoms with E-state index in [0.29, 0.717) is 28.3 Å². The zero-order valence-electron chi connectivity index (χ0n) is 14.1. The molecule has 3 nitrogen and oxygen atoms in total. The fourth-order valence-corrected chi connectivity index (χ4v) is 7.62. The number of phenols is 1. The Bertz CT molecular complexity index is 669. The summed E-state index contributed by atoms with van der Waals surface area (Å²) >= 11 is 3.92. The first-order chi connectivity index (χ1) is 11.6. The Labute approximate surface area is 151 Å². The van der Waals surface area contributed by atoms with E-state index >= 15 is 0 Å². The van der Waals surface area contributed by atoms with Crippen LogP contribution in [0.3, 0.4) is 0 Å². The number of rotatable bonds is 0. The molecule has 0 aromatic heterocycles. The van der Waals surface area contributed by atoms with Crippen molar-refractivity contribution in [2.45, 2.75) is 55.6 Å². The van der Waals surface area contributed by atoms with Crippen molar-refractivity contribution in [3.05, 3.63) is 29.3 Å². The van der Waals surface area contributed by atoms with E-state index in [1.807, 2.05) is 12.1 Å². The molecule has 0 unspecified atom stereocenters. The number of halogens is 1. The lowest BCUT2D eigenvalue weighted by Gasteiger charge is -2.52. The van der Waals surface area contributed by atoms with Gasteiger partial charge in [-0.2, -0.15) is 0 Å². The monoisotopic (exact) mass is 392 g/mol. The first kappa shape index (κ1) is 15.7. The molecule has 1 aromatic rings. The van der Waals surface area contributed by atoms with Gasteiger partial charge in [0.15, 0.2) is 5.79 Å². The largest absolute Gasteiger partial charge is 0.508 e. The molecule has 130 valence electrons. The number of hydrogen-bond donors (Lipinski definition) is 1. The lowest BCUT2D eigenvalue weighted by Crippen LogP contribution is -2.53. The average molecular weight is 393 g/mol. The highest BCUT2D eigenvalue weighted by atomic mass is 79.9. The minimum absolute atomic E-state index is 0.104. The van der Waals surface area contributed by atoms with Gasteiger partial charge in [0.05, 0.1) is 18.0 Å². The summed E-state index contributed by atoms with van der Waals surface area (Å²) in [6.45, 7) is 3.86. The van der Waals surface area contributed by atoms with E-state index in [-0.39, 0.29) is 5.41 Å². The van der Waals surface area contributed by atoms with Crippen molar-refractivity contribution in [3.8, 4) is 5.75 Å². The Balaban J connectivity index is 1.53. The van der Waals surface area contributed by atoms with Crippen LogP contribution in [-0.4, -0.2) is 28.9 Å². The predicted octanol–water partition coefficient (Wildman–Crippen LogP) is 4.36. The van der Waals surface area contributed by atoms with Gasteiger partial charge in [-0.15, -0.1) is 0 Å². The van der Waals surface area contributed by atoms with E-state index in [0.717, 1.165) is 32.5 Å². The lowest BCUT2D eigenvalue weighted by molar-refractivity contribution is -0.233. The van der Waals surface area contributed by atoms with Gasteiger partial charge in [-0.25, -0.2) is 0 Å². The normalized spacial score (nSPS) is 42.6. The quantitative estimate of drug-likeness (QED) is 0.666. The number of benzene rings is 1. The van der Waals surface area contributed by atoms with E-state index in [2.05, 4.69) is 28.9 Å². The number of aromatic hydroxyl groups is 1. The molecule has 0 bridgehead atoms. The summed E-state index contributed by atoms with van der Waals surface area (Å²) < 4.78 is 12.5. The number of phenolic OH excluding ortho intramolecular Hbond substituents is 1. The zero-order chi connectivity index (χ0) is 16.5. The van der Waals surface area contributed by atoms with Crippen LogP contribution in [0, 0.1) is 17.3 Å². The van der Waals surface area contributed by atoms with Crippen LogP contribution in [0.25, 0.3) is 0 Å². The molecule has 5 atom stereocenters. The number of fused-ring (bicyclic) bond motifs is 6. The smallest absolute Gasteiger partial charge is 0.186 e. The molecule has 1 saturated heterocycles. The topological polar surface area (TPSA) is 38.7 Å². The van der Waals surface area contributed by atoms with Crippen LogP contribution in [0.15, 0.2) is 18.2 Å². The van der Waals surface area contributed by atoms with Crippen molar-refractivity contribution in [3.63, 3.8) is 0 Å².